The molecule has 0 atom stereocenters. The number of aliphatic carboxylic acids is 1. The van der Waals surface area contributed by atoms with Crippen molar-refractivity contribution in [1.29, 1.82) is 0 Å². The number of carboxylic acid groups (broad SMARTS) is 1. The molecule has 1 aliphatic rings. The maximum Gasteiger partial charge on any atom is 0.331 e. The summed E-state index contributed by atoms with van der Waals surface area (Å²) in [5.74, 6) is -0.808. The van der Waals surface area contributed by atoms with Gasteiger partial charge in [-0.2, -0.15) is 10.2 Å². The van der Waals surface area contributed by atoms with Gasteiger partial charge in [0.15, 0.2) is 5.54 Å². The van der Waals surface area contributed by atoms with Gasteiger partial charge in [0.25, 0.3) is 0 Å². The lowest BCUT2D eigenvalue weighted by atomic mass is 9.87. The summed E-state index contributed by atoms with van der Waals surface area (Å²) in [6.45, 7) is 2.19. The van der Waals surface area contributed by atoms with E-state index < -0.39 is 11.5 Å². The Morgan fingerprint density at radius 3 is 2.54 bits per heavy atom. The molecule has 2 aromatic heterocycles. The van der Waals surface area contributed by atoms with Gasteiger partial charge in [-0.25, -0.2) is 9.48 Å². The number of hydrogen-bond donors (Lipinski definition) is 1. The summed E-state index contributed by atoms with van der Waals surface area (Å²) in [4.78, 5) is 14.2. The minimum Gasteiger partial charge on any atom is -0.479 e. The number of carboxylic acids is 1. The fraction of sp³-hybridized carbons (Fsp3) is 0.316. The fourth-order valence-electron chi connectivity index (χ4n) is 3.57. The summed E-state index contributed by atoms with van der Waals surface area (Å²) < 4.78 is 3.46. The van der Waals surface area contributed by atoms with Crippen molar-refractivity contribution in [2.75, 3.05) is 13.1 Å². The van der Waals surface area contributed by atoms with Crippen LogP contribution in [0.25, 0.3) is 5.69 Å². The van der Waals surface area contributed by atoms with Gasteiger partial charge in [0.1, 0.15) is 0 Å². The van der Waals surface area contributed by atoms with Gasteiger partial charge in [-0.15, -0.1) is 0 Å². The van der Waals surface area contributed by atoms with E-state index in [-0.39, 0.29) is 0 Å². The van der Waals surface area contributed by atoms with E-state index in [1.165, 1.54) is 0 Å². The first kappa shape index (κ1) is 16.5. The molecule has 1 N–H and O–H groups in total. The molecular formula is C19H21N5O2. The number of rotatable bonds is 5. The van der Waals surface area contributed by atoms with Gasteiger partial charge in [0.2, 0.25) is 0 Å². The van der Waals surface area contributed by atoms with Crippen LogP contribution >= 0.6 is 0 Å². The lowest BCUT2D eigenvalue weighted by Gasteiger charge is -2.38. The van der Waals surface area contributed by atoms with Crippen molar-refractivity contribution in [2.45, 2.75) is 24.9 Å². The Balaban J connectivity index is 1.43. The third-order valence-corrected chi connectivity index (χ3v) is 5.09. The molecule has 0 bridgehead atoms. The quantitative estimate of drug-likeness (QED) is 0.762. The molecule has 26 heavy (non-hydrogen) atoms. The van der Waals surface area contributed by atoms with Gasteiger partial charge in [-0.05, 0) is 31.0 Å². The summed E-state index contributed by atoms with van der Waals surface area (Å²) in [5.41, 5.74) is 1.21. The van der Waals surface area contributed by atoms with Gasteiger partial charge in [-0.1, -0.05) is 18.2 Å². The second-order valence-corrected chi connectivity index (χ2v) is 6.69. The number of carbonyl (C=O) groups is 1. The Bertz CT molecular complexity index is 864. The predicted molar refractivity (Wildman–Crippen MR) is 95.9 cm³/mol. The number of benzene rings is 1. The summed E-state index contributed by atoms with van der Waals surface area (Å²) >= 11 is 0. The molecule has 0 spiro atoms. The molecule has 0 aliphatic carbocycles. The maximum absolute atomic E-state index is 11.9. The van der Waals surface area contributed by atoms with Crippen LogP contribution in [0.1, 0.15) is 18.4 Å². The van der Waals surface area contributed by atoms with Crippen LogP contribution in [-0.4, -0.2) is 48.6 Å². The normalized spacial score (nSPS) is 17.2. The minimum absolute atomic E-state index is 0.539. The Labute approximate surface area is 151 Å². The van der Waals surface area contributed by atoms with Crippen LogP contribution in [0.2, 0.25) is 0 Å². The fourth-order valence-corrected chi connectivity index (χ4v) is 3.57. The van der Waals surface area contributed by atoms with Crippen LogP contribution < -0.4 is 0 Å². The second-order valence-electron chi connectivity index (χ2n) is 6.69. The first-order valence-electron chi connectivity index (χ1n) is 8.72. The molecular weight excluding hydrogens is 330 g/mol. The number of likely N-dealkylation sites (tertiary alicyclic amines) is 1. The first-order chi connectivity index (χ1) is 12.7. The summed E-state index contributed by atoms with van der Waals surface area (Å²) in [6.07, 6.45) is 8.36. The monoisotopic (exact) mass is 351 g/mol. The molecule has 4 rings (SSSR count). The van der Waals surface area contributed by atoms with Crippen LogP contribution in [-0.2, 0) is 16.9 Å². The van der Waals surface area contributed by atoms with Gasteiger partial charge < -0.3 is 5.11 Å². The highest BCUT2D eigenvalue weighted by Gasteiger charge is 2.43. The van der Waals surface area contributed by atoms with Crippen LogP contribution in [0.4, 0.5) is 0 Å². The molecule has 134 valence electrons. The van der Waals surface area contributed by atoms with E-state index in [9.17, 15) is 9.90 Å². The number of para-hydroxylation sites is 1. The van der Waals surface area contributed by atoms with Gasteiger partial charge in [-0.3, -0.25) is 9.58 Å². The summed E-state index contributed by atoms with van der Waals surface area (Å²) in [6, 6.07) is 11.8. The van der Waals surface area contributed by atoms with Crippen molar-refractivity contribution in [1.82, 2.24) is 24.5 Å². The Morgan fingerprint density at radius 2 is 1.88 bits per heavy atom. The average molecular weight is 351 g/mol. The first-order valence-corrected chi connectivity index (χ1v) is 8.72. The number of piperidine rings is 1. The van der Waals surface area contributed by atoms with Crippen molar-refractivity contribution in [3.63, 3.8) is 0 Å². The van der Waals surface area contributed by atoms with E-state index in [2.05, 4.69) is 15.1 Å². The molecule has 7 nitrogen and oxygen atoms in total. The molecule has 7 heteroatoms. The van der Waals surface area contributed by atoms with E-state index in [0.29, 0.717) is 25.9 Å². The van der Waals surface area contributed by atoms with Crippen LogP contribution in [0.15, 0.2) is 61.2 Å². The van der Waals surface area contributed by atoms with Gasteiger partial charge in [0, 0.05) is 43.8 Å². The highest BCUT2D eigenvalue weighted by atomic mass is 16.4. The van der Waals surface area contributed by atoms with E-state index >= 15 is 0 Å². The van der Waals surface area contributed by atoms with Crippen molar-refractivity contribution in [3.05, 3.63) is 66.7 Å². The van der Waals surface area contributed by atoms with E-state index in [0.717, 1.165) is 17.8 Å². The highest BCUT2D eigenvalue weighted by molar-refractivity contribution is 5.76. The lowest BCUT2D eigenvalue weighted by Crippen LogP contribution is -2.51. The van der Waals surface area contributed by atoms with E-state index in [1.54, 1.807) is 23.1 Å². The lowest BCUT2D eigenvalue weighted by molar-refractivity contribution is -0.151. The molecule has 0 saturated carbocycles. The van der Waals surface area contributed by atoms with Crippen LogP contribution in [0.3, 0.4) is 0 Å². The Morgan fingerprint density at radius 1 is 1.12 bits per heavy atom. The van der Waals surface area contributed by atoms with E-state index in [4.69, 9.17) is 0 Å². The highest BCUT2D eigenvalue weighted by Crippen LogP contribution is 2.30. The van der Waals surface area contributed by atoms with Crippen molar-refractivity contribution < 1.29 is 9.90 Å². The molecule has 1 aliphatic heterocycles. The number of aromatic nitrogens is 4. The van der Waals surface area contributed by atoms with E-state index in [1.807, 2.05) is 47.4 Å². The Hall–Kier alpha value is -2.93. The molecule has 3 aromatic rings. The third kappa shape index (κ3) is 3.01. The number of nitrogens with zero attached hydrogens (tertiary/aromatic N) is 5. The summed E-state index contributed by atoms with van der Waals surface area (Å²) in [7, 11) is 0. The van der Waals surface area contributed by atoms with Gasteiger partial charge in [0.05, 0.1) is 11.9 Å². The molecule has 1 saturated heterocycles. The number of hydrogen-bond acceptors (Lipinski definition) is 4. The minimum atomic E-state index is -0.936. The zero-order valence-corrected chi connectivity index (χ0v) is 14.4. The SMILES string of the molecule is O=C(O)C1(n2cccn2)CCN(Cc2cnn(-c3ccccc3)c2)CC1. The Kier molecular flexibility index (Phi) is 4.30. The maximum atomic E-state index is 11.9. The predicted octanol–water partition coefficient (Wildman–Crippen LogP) is 2.14. The van der Waals surface area contributed by atoms with Crippen LogP contribution in [0, 0.1) is 0 Å². The van der Waals surface area contributed by atoms with Crippen molar-refractivity contribution >= 4 is 5.97 Å². The molecule has 0 unspecified atom stereocenters. The van der Waals surface area contributed by atoms with Gasteiger partial charge >= 0.3 is 5.97 Å². The largest absolute Gasteiger partial charge is 0.479 e. The second kappa shape index (κ2) is 6.76. The molecule has 1 fully saturated rings. The zero-order valence-electron chi connectivity index (χ0n) is 14.4. The van der Waals surface area contributed by atoms with Crippen molar-refractivity contribution in [2.24, 2.45) is 0 Å². The third-order valence-electron chi connectivity index (χ3n) is 5.09. The summed E-state index contributed by atoms with van der Waals surface area (Å²) in [5, 5.41) is 18.4. The smallest absolute Gasteiger partial charge is 0.331 e. The molecule has 1 aromatic carbocycles. The molecule has 0 amide bonds. The van der Waals surface area contributed by atoms with Crippen molar-refractivity contribution in [3.8, 4) is 5.69 Å². The zero-order chi connectivity index (χ0) is 18.0. The van der Waals surface area contributed by atoms with Crippen LogP contribution in [0.5, 0.6) is 0 Å². The molecule has 3 heterocycles. The average Bonchev–Trinajstić information content (AvgIpc) is 3.35. The topological polar surface area (TPSA) is 76.2 Å². The molecule has 0 radical (unpaired) electrons. The standard InChI is InChI=1S/C19H21N5O2/c25-18(26)19(24-10-4-9-20-24)7-11-22(12-8-19)14-16-13-21-23(15-16)17-5-2-1-3-6-17/h1-6,9-10,13,15H,7-8,11-12,14H2,(H,25,26).